The van der Waals surface area contributed by atoms with Crippen molar-refractivity contribution in [2.45, 2.75) is 26.7 Å². The van der Waals surface area contributed by atoms with E-state index in [4.69, 9.17) is 0 Å². The van der Waals surface area contributed by atoms with E-state index in [9.17, 15) is 0 Å². The SMILES string of the molecule is C=C(C)NC.C=C/C=C(\C=C/C)c1ccnc(NCC2CC2)n1. The zero-order valence-corrected chi connectivity index (χ0v) is 14.5. The summed E-state index contributed by atoms with van der Waals surface area (Å²) in [4.78, 5) is 8.76. The molecule has 1 heterocycles. The number of hydrogen-bond donors (Lipinski definition) is 2. The Hall–Kier alpha value is -2.36. The molecular formula is C19H28N4. The maximum absolute atomic E-state index is 4.52. The van der Waals surface area contributed by atoms with Crippen LogP contribution in [0.1, 0.15) is 32.4 Å². The summed E-state index contributed by atoms with van der Waals surface area (Å²) in [5, 5.41) is 6.12. The number of allylic oxidation sites excluding steroid dienone is 6. The molecule has 0 radical (unpaired) electrons. The van der Waals surface area contributed by atoms with Gasteiger partial charge in [0, 0.05) is 19.8 Å². The number of nitrogens with one attached hydrogen (secondary N) is 2. The van der Waals surface area contributed by atoms with Crippen LogP contribution in [0.3, 0.4) is 0 Å². The molecule has 1 aromatic rings. The molecule has 23 heavy (non-hydrogen) atoms. The minimum Gasteiger partial charge on any atom is -0.392 e. The lowest BCUT2D eigenvalue weighted by Crippen LogP contribution is -2.07. The molecule has 1 aliphatic rings. The fraction of sp³-hybridized carbons (Fsp3) is 0.368. The van der Waals surface area contributed by atoms with Crippen molar-refractivity contribution >= 4 is 11.5 Å². The molecular weight excluding hydrogens is 284 g/mol. The van der Waals surface area contributed by atoms with Crippen molar-refractivity contribution in [3.05, 3.63) is 61.1 Å². The Morgan fingerprint density at radius 2 is 2.13 bits per heavy atom. The van der Waals surface area contributed by atoms with E-state index in [1.165, 1.54) is 12.8 Å². The van der Waals surface area contributed by atoms with E-state index in [1.54, 1.807) is 12.3 Å². The lowest BCUT2D eigenvalue weighted by atomic mass is 10.1. The number of anilines is 1. The summed E-state index contributed by atoms with van der Waals surface area (Å²) in [5.41, 5.74) is 2.97. The van der Waals surface area contributed by atoms with Gasteiger partial charge in [-0.25, -0.2) is 9.97 Å². The molecule has 1 aliphatic carbocycles. The van der Waals surface area contributed by atoms with E-state index < -0.39 is 0 Å². The lowest BCUT2D eigenvalue weighted by molar-refractivity contribution is 0.872. The van der Waals surface area contributed by atoms with Gasteiger partial charge in [0.15, 0.2) is 0 Å². The topological polar surface area (TPSA) is 49.8 Å². The first-order chi connectivity index (χ1) is 11.1. The molecule has 0 spiro atoms. The largest absolute Gasteiger partial charge is 0.392 e. The zero-order chi connectivity index (χ0) is 17.1. The van der Waals surface area contributed by atoms with Gasteiger partial charge in [0.05, 0.1) is 5.69 Å². The highest BCUT2D eigenvalue weighted by Gasteiger charge is 2.20. The Balaban J connectivity index is 0.000000463. The standard InChI is InChI=1S/C15H19N3.C4H9N/c1-3-5-13(6-4-2)14-9-10-16-15(18-14)17-11-12-7-8-12;1-4(2)5-3/h3-6,9-10,12H,1,7-8,11H2,2H3,(H,16,17,18);5H,1H2,2-3H3/b6-4-,13-5+;. The van der Waals surface area contributed by atoms with E-state index in [0.29, 0.717) is 5.95 Å². The van der Waals surface area contributed by atoms with Gasteiger partial charge >= 0.3 is 0 Å². The lowest BCUT2D eigenvalue weighted by Gasteiger charge is -2.06. The summed E-state index contributed by atoms with van der Waals surface area (Å²) in [6.07, 6.45) is 12.2. The van der Waals surface area contributed by atoms with Crippen LogP contribution in [-0.2, 0) is 0 Å². The minimum atomic E-state index is 0.707. The second kappa shape index (κ2) is 10.4. The molecule has 2 N–H and O–H groups in total. The van der Waals surface area contributed by atoms with Crippen molar-refractivity contribution < 1.29 is 0 Å². The fourth-order valence-electron chi connectivity index (χ4n) is 1.70. The molecule has 1 fully saturated rings. The van der Waals surface area contributed by atoms with Crippen LogP contribution < -0.4 is 10.6 Å². The third kappa shape index (κ3) is 8.00. The molecule has 4 heteroatoms. The van der Waals surface area contributed by atoms with Crippen molar-refractivity contribution in [2.24, 2.45) is 5.92 Å². The van der Waals surface area contributed by atoms with Gasteiger partial charge in [-0.3, -0.25) is 0 Å². The minimum absolute atomic E-state index is 0.707. The molecule has 0 atom stereocenters. The van der Waals surface area contributed by atoms with Gasteiger partial charge in [0.2, 0.25) is 5.95 Å². The van der Waals surface area contributed by atoms with E-state index in [2.05, 4.69) is 33.8 Å². The maximum atomic E-state index is 4.52. The van der Waals surface area contributed by atoms with Crippen LogP contribution in [0.5, 0.6) is 0 Å². The highest BCUT2D eigenvalue weighted by atomic mass is 15.1. The summed E-state index contributed by atoms with van der Waals surface area (Å²) in [5.74, 6) is 1.52. The Morgan fingerprint density at radius 3 is 2.65 bits per heavy atom. The van der Waals surface area contributed by atoms with Crippen molar-refractivity contribution in [1.29, 1.82) is 0 Å². The molecule has 0 amide bonds. The molecule has 0 unspecified atom stereocenters. The number of rotatable bonds is 7. The summed E-state index contributed by atoms with van der Waals surface area (Å²) in [6.45, 7) is 12.2. The monoisotopic (exact) mass is 312 g/mol. The van der Waals surface area contributed by atoms with Gasteiger partial charge in [0.25, 0.3) is 0 Å². The van der Waals surface area contributed by atoms with E-state index >= 15 is 0 Å². The normalized spacial score (nSPS) is 14.0. The first kappa shape index (κ1) is 18.7. The molecule has 0 bridgehead atoms. The van der Waals surface area contributed by atoms with Crippen LogP contribution in [0.4, 0.5) is 5.95 Å². The second-order valence-corrected chi connectivity index (χ2v) is 5.48. The number of nitrogens with zero attached hydrogens (tertiary/aromatic N) is 2. The number of hydrogen-bond acceptors (Lipinski definition) is 4. The van der Waals surface area contributed by atoms with Crippen molar-refractivity contribution in [3.63, 3.8) is 0 Å². The third-order valence-corrected chi connectivity index (χ3v) is 3.27. The molecule has 1 aromatic heterocycles. The molecule has 124 valence electrons. The maximum Gasteiger partial charge on any atom is 0.223 e. The fourth-order valence-corrected chi connectivity index (χ4v) is 1.70. The van der Waals surface area contributed by atoms with Crippen LogP contribution in [0.25, 0.3) is 5.57 Å². The first-order valence-electron chi connectivity index (χ1n) is 7.96. The highest BCUT2D eigenvalue weighted by Crippen LogP contribution is 2.28. The molecule has 0 aromatic carbocycles. The zero-order valence-electron chi connectivity index (χ0n) is 14.5. The second-order valence-electron chi connectivity index (χ2n) is 5.48. The Kier molecular flexibility index (Phi) is 8.43. The van der Waals surface area contributed by atoms with Crippen LogP contribution in [0.2, 0.25) is 0 Å². The molecule has 0 aliphatic heterocycles. The van der Waals surface area contributed by atoms with Gasteiger partial charge in [-0.1, -0.05) is 37.5 Å². The van der Waals surface area contributed by atoms with E-state index in [0.717, 1.165) is 29.4 Å². The summed E-state index contributed by atoms with van der Waals surface area (Å²) in [7, 11) is 1.85. The summed E-state index contributed by atoms with van der Waals surface area (Å²) >= 11 is 0. The van der Waals surface area contributed by atoms with Crippen molar-refractivity contribution in [1.82, 2.24) is 15.3 Å². The molecule has 1 saturated carbocycles. The highest BCUT2D eigenvalue weighted by molar-refractivity contribution is 5.73. The Bertz CT molecular complexity index is 568. The summed E-state index contributed by atoms with van der Waals surface area (Å²) in [6, 6.07) is 1.91. The van der Waals surface area contributed by atoms with Crippen LogP contribution in [0.15, 0.2) is 55.4 Å². The Labute approximate surface area is 140 Å². The average molecular weight is 312 g/mol. The van der Waals surface area contributed by atoms with Gasteiger partial charge < -0.3 is 10.6 Å². The third-order valence-electron chi connectivity index (χ3n) is 3.27. The van der Waals surface area contributed by atoms with Gasteiger partial charge in [-0.15, -0.1) is 0 Å². The predicted molar refractivity (Wildman–Crippen MR) is 100 cm³/mol. The quantitative estimate of drug-likeness (QED) is 0.741. The van der Waals surface area contributed by atoms with Gasteiger partial charge in [-0.05, 0) is 49.9 Å². The molecule has 0 saturated heterocycles. The van der Waals surface area contributed by atoms with E-state index in [1.807, 2.05) is 45.2 Å². The molecule has 4 nitrogen and oxygen atoms in total. The number of aromatic nitrogens is 2. The van der Waals surface area contributed by atoms with Crippen LogP contribution >= 0.6 is 0 Å². The first-order valence-corrected chi connectivity index (χ1v) is 7.96. The van der Waals surface area contributed by atoms with Crippen molar-refractivity contribution in [2.75, 3.05) is 18.9 Å². The van der Waals surface area contributed by atoms with Crippen LogP contribution in [-0.4, -0.2) is 23.6 Å². The van der Waals surface area contributed by atoms with Gasteiger partial charge in [0.1, 0.15) is 0 Å². The molecule has 2 rings (SSSR count). The predicted octanol–water partition coefficient (Wildman–Crippen LogP) is 4.18. The van der Waals surface area contributed by atoms with Crippen molar-refractivity contribution in [3.8, 4) is 0 Å². The Morgan fingerprint density at radius 1 is 1.43 bits per heavy atom. The smallest absolute Gasteiger partial charge is 0.223 e. The van der Waals surface area contributed by atoms with Crippen LogP contribution in [0, 0.1) is 5.92 Å². The average Bonchev–Trinajstić information content (AvgIpc) is 3.38. The summed E-state index contributed by atoms with van der Waals surface area (Å²) < 4.78 is 0. The van der Waals surface area contributed by atoms with E-state index in [-0.39, 0.29) is 0 Å². The van der Waals surface area contributed by atoms with Gasteiger partial charge in [-0.2, -0.15) is 0 Å².